The highest BCUT2D eigenvalue weighted by Gasteiger charge is 2.09. The highest BCUT2D eigenvalue weighted by Crippen LogP contribution is 2.19. The summed E-state index contributed by atoms with van der Waals surface area (Å²) in [6.07, 6.45) is 0.302. The van der Waals surface area contributed by atoms with Gasteiger partial charge >= 0.3 is 0 Å². The maximum absolute atomic E-state index is 11.9. The van der Waals surface area contributed by atoms with Gasteiger partial charge in [-0.05, 0) is 30.3 Å². The van der Waals surface area contributed by atoms with Crippen molar-refractivity contribution in [2.24, 2.45) is 0 Å². The van der Waals surface area contributed by atoms with E-state index in [1.807, 2.05) is 24.3 Å². The number of rotatable bonds is 5. The lowest BCUT2D eigenvalue weighted by Crippen LogP contribution is -2.07. The smallest absolute Gasteiger partial charge is 0.167 e. The lowest BCUT2D eigenvalue weighted by atomic mass is 10.1. The monoisotopic (exact) mass is 338 g/mol. The molecule has 0 amide bonds. The number of ketones is 1. The van der Waals surface area contributed by atoms with E-state index in [2.05, 4.69) is 15.9 Å². The van der Waals surface area contributed by atoms with Gasteiger partial charge in [0.25, 0.3) is 0 Å². The highest BCUT2D eigenvalue weighted by atomic mass is 79.9. The fourth-order valence-electron chi connectivity index (χ4n) is 1.64. The summed E-state index contributed by atoms with van der Waals surface area (Å²) in [4.78, 5) is 11.9. The van der Waals surface area contributed by atoms with Gasteiger partial charge in [0, 0.05) is 16.5 Å². The Morgan fingerprint density at radius 3 is 2.68 bits per heavy atom. The van der Waals surface area contributed by atoms with Crippen LogP contribution < -0.4 is 4.74 Å². The van der Waals surface area contributed by atoms with Crippen LogP contribution in [-0.4, -0.2) is 12.4 Å². The molecule has 2 aromatic rings. The van der Waals surface area contributed by atoms with Crippen molar-refractivity contribution in [2.45, 2.75) is 6.42 Å². The third-order valence-corrected chi connectivity index (χ3v) is 3.39. The molecule has 2 rings (SSSR count). The van der Waals surface area contributed by atoms with E-state index in [0.717, 1.165) is 10.2 Å². The Morgan fingerprint density at radius 2 is 1.95 bits per heavy atom. The summed E-state index contributed by atoms with van der Waals surface area (Å²) in [7, 11) is 0. The Hall–Kier alpha value is -1.32. The van der Waals surface area contributed by atoms with E-state index in [4.69, 9.17) is 16.3 Å². The molecule has 2 nitrogen and oxygen atoms in total. The number of hydrogen-bond acceptors (Lipinski definition) is 2. The van der Waals surface area contributed by atoms with Crippen LogP contribution in [0.2, 0.25) is 5.02 Å². The molecule has 0 saturated heterocycles. The summed E-state index contributed by atoms with van der Waals surface area (Å²) in [5, 5.41) is 0.481. The van der Waals surface area contributed by atoms with Gasteiger partial charge in [0.15, 0.2) is 5.78 Å². The van der Waals surface area contributed by atoms with E-state index in [1.54, 1.807) is 24.3 Å². The fraction of sp³-hybridized carbons (Fsp3) is 0.133. The second-order valence-electron chi connectivity index (χ2n) is 3.96. The molecule has 0 aliphatic rings. The van der Waals surface area contributed by atoms with Crippen molar-refractivity contribution in [1.82, 2.24) is 0 Å². The van der Waals surface area contributed by atoms with E-state index in [-0.39, 0.29) is 5.78 Å². The fourth-order valence-corrected chi connectivity index (χ4v) is 2.26. The number of halogens is 2. The standard InChI is InChI=1S/C15H12BrClO2/c16-11-4-3-5-12(10-11)19-9-8-15(18)13-6-1-2-7-14(13)17/h1-7,10H,8-9H2. The summed E-state index contributed by atoms with van der Waals surface area (Å²) < 4.78 is 6.47. The third-order valence-electron chi connectivity index (χ3n) is 2.57. The maximum atomic E-state index is 11.9. The normalized spacial score (nSPS) is 10.2. The molecule has 0 unspecified atom stereocenters. The van der Waals surface area contributed by atoms with Crippen LogP contribution in [0, 0.1) is 0 Å². The molecule has 98 valence electrons. The number of hydrogen-bond donors (Lipinski definition) is 0. The first-order valence-corrected chi connectivity index (χ1v) is 7.00. The van der Waals surface area contributed by atoms with E-state index >= 15 is 0 Å². The van der Waals surface area contributed by atoms with Crippen LogP contribution in [0.4, 0.5) is 0 Å². The van der Waals surface area contributed by atoms with Crippen LogP contribution in [0.3, 0.4) is 0 Å². The first kappa shape index (κ1) is 14.1. The summed E-state index contributed by atoms with van der Waals surface area (Å²) in [5.74, 6) is 0.724. The molecule has 0 heterocycles. The first-order valence-electron chi connectivity index (χ1n) is 5.83. The zero-order valence-corrected chi connectivity index (χ0v) is 12.4. The zero-order chi connectivity index (χ0) is 13.7. The SMILES string of the molecule is O=C(CCOc1cccc(Br)c1)c1ccccc1Cl. The lowest BCUT2D eigenvalue weighted by molar-refractivity contribution is 0.0962. The molecule has 0 atom stereocenters. The molecule has 19 heavy (non-hydrogen) atoms. The number of carbonyl (C=O) groups is 1. The average Bonchev–Trinajstić information content (AvgIpc) is 2.39. The lowest BCUT2D eigenvalue weighted by Gasteiger charge is -2.06. The molecule has 0 radical (unpaired) electrons. The zero-order valence-electron chi connectivity index (χ0n) is 10.1. The van der Waals surface area contributed by atoms with Crippen molar-refractivity contribution in [3.8, 4) is 5.75 Å². The van der Waals surface area contributed by atoms with Crippen LogP contribution in [-0.2, 0) is 0 Å². The largest absolute Gasteiger partial charge is 0.493 e. The summed E-state index contributed by atoms with van der Waals surface area (Å²) in [5.41, 5.74) is 0.544. The topological polar surface area (TPSA) is 26.3 Å². The Bertz CT molecular complexity index is 584. The molecule has 0 spiro atoms. The molecular weight excluding hydrogens is 328 g/mol. The van der Waals surface area contributed by atoms with Gasteiger partial charge in [0.05, 0.1) is 11.6 Å². The van der Waals surface area contributed by atoms with Crippen LogP contribution >= 0.6 is 27.5 Å². The quantitative estimate of drug-likeness (QED) is 0.735. The minimum Gasteiger partial charge on any atom is -0.493 e. The van der Waals surface area contributed by atoms with E-state index < -0.39 is 0 Å². The Balaban J connectivity index is 1.90. The molecule has 0 saturated carbocycles. The minimum absolute atomic E-state index is 0.0133. The molecule has 0 bridgehead atoms. The average molecular weight is 340 g/mol. The van der Waals surface area contributed by atoms with Crippen molar-refractivity contribution in [1.29, 1.82) is 0 Å². The van der Waals surface area contributed by atoms with Gasteiger partial charge in [-0.1, -0.05) is 45.7 Å². The van der Waals surface area contributed by atoms with E-state index in [1.165, 1.54) is 0 Å². The Labute approximate surface area is 125 Å². The molecular formula is C15H12BrClO2. The highest BCUT2D eigenvalue weighted by molar-refractivity contribution is 9.10. The van der Waals surface area contributed by atoms with Gasteiger partial charge in [-0.3, -0.25) is 4.79 Å². The second kappa shape index (κ2) is 6.73. The Morgan fingerprint density at radius 1 is 1.16 bits per heavy atom. The summed E-state index contributed by atoms with van der Waals surface area (Å²) in [6, 6.07) is 14.6. The van der Waals surface area contributed by atoms with Crippen molar-refractivity contribution in [3.63, 3.8) is 0 Å². The summed E-state index contributed by atoms with van der Waals surface area (Å²) in [6.45, 7) is 0.334. The third kappa shape index (κ3) is 4.08. The molecule has 4 heteroatoms. The number of ether oxygens (including phenoxy) is 1. The van der Waals surface area contributed by atoms with Gasteiger partial charge in [0.1, 0.15) is 5.75 Å². The summed E-state index contributed by atoms with van der Waals surface area (Å²) >= 11 is 9.33. The molecule has 2 aromatic carbocycles. The molecule has 0 aliphatic carbocycles. The van der Waals surface area contributed by atoms with E-state index in [9.17, 15) is 4.79 Å². The van der Waals surface area contributed by atoms with Gasteiger partial charge in [0.2, 0.25) is 0 Å². The van der Waals surface area contributed by atoms with Gasteiger partial charge in [-0.25, -0.2) is 0 Å². The van der Waals surface area contributed by atoms with Crippen LogP contribution in [0.5, 0.6) is 5.75 Å². The van der Waals surface area contributed by atoms with Crippen LogP contribution in [0.25, 0.3) is 0 Å². The molecule has 0 N–H and O–H groups in total. The van der Waals surface area contributed by atoms with Crippen molar-refractivity contribution >= 4 is 33.3 Å². The Kier molecular flexibility index (Phi) is 5.00. The van der Waals surface area contributed by atoms with Gasteiger partial charge in [-0.15, -0.1) is 0 Å². The van der Waals surface area contributed by atoms with Gasteiger partial charge < -0.3 is 4.74 Å². The predicted molar refractivity (Wildman–Crippen MR) is 80.0 cm³/mol. The van der Waals surface area contributed by atoms with Crippen molar-refractivity contribution in [3.05, 3.63) is 63.6 Å². The molecule has 0 aromatic heterocycles. The number of Topliss-reactive ketones (excluding diaryl/α,β-unsaturated/α-hetero) is 1. The first-order chi connectivity index (χ1) is 9.16. The van der Waals surface area contributed by atoms with Gasteiger partial charge in [-0.2, -0.15) is 0 Å². The maximum Gasteiger partial charge on any atom is 0.167 e. The van der Waals surface area contributed by atoms with Crippen LogP contribution in [0.15, 0.2) is 53.0 Å². The molecule has 0 aliphatic heterocycles. The minimum atomic E-state index is -0.0133. The van der Waals surface area contributed by atoms with Crippen molar-refractivity contribution < 1.29 is 9.53 Å². The van der Waals surface area contributed by atoms with E-state index in [0.29, 0.717) is 23.6 Å². The predicted octanol–water partition coefficient (Wildman–Crippen LogP) is 4.75. The van der Waals surface area contributed by atoms with Crippen LogP contribution in [0.1, 0.15) is 16.8 Å². The second-order valence-corrected chi connectivity index (χ2v) is 5.28. The number of benzene rings is 2. The molecule has 0 fully saturated rings. The van der Waals surface area contributed by atoms with Crippen molar-refractivity contribution in [2.75, 3.05) is 6.61 Å². The number of carbonyl (C=O) groups excluding carboxylic acids is 1.